The SMILES string of the molecule is CCCN(CCC)Cc1ccc(C(=O)NCCCN2CCCC2)cc1. The van der Waals surface area contributed by atoms with Gasteiger partial charge in [0.25, 0.3) is 5.91 Å². The van der Waals surface area contributed by atoms with Crippen molar-refractivity contribution in [2.45, 2.75) is 52.5 Å². The number of benzene rings is 1. The Morgan fingerprint density at radius 3 is 2.32 bits per heavy atom. The van der Waals surface area contributed by atoms with Crippen molar-refractivity contribution >= 4 is 5.91 Å². The molecule has 4 heteroatoms. The normalized spacial score (nSPS) is 15.0. The van der Waals surface area contributed by atoms with Gasteiger partial charge in [0.15, 0.2) is 0 Å². The van der Waals surface area contributed by atoms with Gasteiger partial charge in [0, 0.05) is 18.7 Å². The smallest absolute Gasteiger partial charge is 0.251 e. The van der Waals surface area contributed by atoms with Gasteiger partial charge in [-0.1, -0.05) is 26.0 Å². The molecule has 0 bridgehead atoms. The van der Waals surface area contributed by atoms with Crippen molar-refractivity contribution in [3.63, 3.8) is 0 Å². The zero-order valence-corrected chi connectivity index (χ0v) is 16.1. The minimum absolute atomic E-state index is 0.0481. The molecule has 4 nitrogen and oxygen atoms in total. The van der Waals surface area contributed by atoms with Gasteiger partial charge in [0.05, 0.1) is 0 Å². The van der Waals surface area contributed by atoms with E-state index >= 15 is 0 Å². The van der Waals surface area contributed by atoms with E-state index in [0.29, 0.717) is 0 Å². The summed E-state index contributed by atoms with van der Waals surface area (Å²) in [6.45, 7) is 12.0. The van der Waals surface area contributed by atoms with Crippen LogP contribution in [0.5, 0.6) is 0 Å². The average Bonchev–Trinajstić information content (AvgIpc) is 3.13. The Morgan fingerprint density at radius 1 is 1.08 bits per heavy atom. The van der Waals surface area contributed by atoms with Crippen LogP contribution in [0.4, 0.5) is 0 Å². The number of carbonyl (C=O) groups is 1. The van der Waals surface area contributed by atoms with Crippen LogP contribution in [0.15, 0.2) is 24.3 Å². The lowest BCUT2D eigenvalue weighted by Crippen LogP contribution is -2.28. The van der Waals surface area contributed by atoms with Crippen molar-refractivity contribution in [1.29, 1.82) is 0 Å². The predicted molar refractivity (Wildman–Crippen MR) is 105 cm³/mol. The second-order valence-corrected chi connectivity index (χ2v) is 7.13. The van der Waals surface area contributed by atoms with Gasteiger partial charge in [-0.3, -0.25) is 9.69 Å². The first kappa shape index (κ1) is 19.9. The van der Waals surface area contributed by atoms with Crippen LogP contribution in [0.1, 0.15) is 61.9 Å². The maximum atomic E-state index is 12.2. The summed E-state index contributed by atoms with van der Waals surface area (Å²) in [6.07, 6.45) is 6.04. The highest BCUT2D eigenvalue weighted by atomic mass is 16.1. The molecule has 0 spiro atoms. The van der Waals surface area contributed by atoms with Crippen LogP contribution in [0.25, 0.3) is 0 Å². The van der Waals surface area contributed by atoms with E-state index in [0.717, 1.165) is 44.7 Å². The molecule has 1 aliphatic heterocycles. The number of amides is 1. The molecule has 25 heavy (non-hydrogen) atoms. The number of nitrogens with one attached hydrogen (secondary N) is 1. The quantitative estimate of drug-likeness (QED) is 0.623. The molecule has 1 aromatic rings. The number of nitrogens with zero attached hydrogens (tertiary/aromatic N) is 2. The van der Waals surface area contributed by atoms with Gasteiger partial charge in [-0.05, 0) is 82.5 Å². The topological polar surface area (TPSA) is 35.6 Å². The van der Waals surface area contributed by atoms with E-state index in [1.807, 2.05) is 12.1 Å². The van der Waals surface area contributed by atoms with Crippen LogP contribution in [0.2, 0.25) is 0 Å². The van der Waals surface area contributed by atoms with Crippen LogP contribution in [0, 0.1) is 0 Å². The summed E-state index contributed by atoms with van der Waals surface area (Å²) >= 11 is 0. The fraction of sp³-hybridized carbons (Fsp3) is 0.667. The van der Waals surface area contributed by atoms with Crippen LogP contribution in [0.3, 0.4) is 0 Å². The number of hydrogen-bond acceptors (Lipinski definition) is 3. The lowest BCUT2D eigenvalue weighted by Gasteiger charge is -2.21. The molecule has 1 N–H and O–H groups in total. The van der Waals surface area contributed by atoms with Crippen molar-refractivity contribution in [2.24, 2.45) is 0 Å². The highest BCUT2D eigenvalue weighted by Crippen LogP contribution is 2.09. The van der Waals surface area contributed by atoms with Crippen molar-refractivity contribution < 1.29 is 4.79 Å². The fourth-order valence-corrected chi connectivity index (χ4v) is 3.53. The first-order chi connectivity index (χ1) is 12.2. The Hall–Kier alpha value is -1.39. The number of carbonyl (C=O) groups excluding carboxylic acids is 1. The van der Waals surface area contributed by atoms with E-state index in [-0.39, 0.29) is 5.91 Å². The zero-order valence-electron chi connectivity index (χ0n) is 16.1. The third-order valence-electron chi connectivity index (χ3n) is 4.84. The highest BCUT2D eigenvalue weighted by molar-refractivity contribution is 5.94. The number of rotatable bonds is 11. The molecule has 1 aromatic carbocycles. The predicted octanol–water partition coefficient (Wildman–Crippen LogP) is 3.52. The molecule has 1 heterocycles. The largest absolute Gasteiger partial charge is 0.352 e. The third-order valence-corrected chi connectivity index (χ3v) is 4.84. The van der Waals surface area contributed by atoms with Crippen LogP contribution < -0.4 is 5.32 Å². The molecule has 140 valence electrons. The van der Waals surface area contributed by atoms with Gasteiger partial charge in [-0.2, -0.15) is 0 Å². The molecular weight excluding hydrogens is 310 g/mol. The minimum atomic E-state index is 0.0481. The van der Waals surface area contributed by atoms with Gasteiger partial charge in [0.1, 0.15) is 0 Å². The van der Waals surface area contributed by atoms with E-state index < -0.39 is 0 Å². The lowest BCUT2D eigenvalue weighted by atomic mass is 10.1. The third kappa shape index (κ3) is 7.17. The number of likely N-dealkylation sites (tertiary alicyclic amines) is 1. The van der Waals surface area contributed by atoms with E-state index in [1.54, 1.807) is 0 Å². The molecule has 1 saturated heterocycles. The van der Waals surface area contributed by atoms with Gasteiger partial charge in [-0.25, -0.2) is 0 Å². The minimum Gasteiger partial charge on any atom is -0.352 e. The second kappa shape index (κ2) is 11.3. The first-order valence-electron chi connectivity index (χ1n) is 10.0. The summed E-state index contributed by atoms with van der Waals surface area (Å²) in [5.74, 6) is 0.0481. The molecule has 1 aliphatic rings. The maximum Gasteiger partial charge on any atom is 0.251 e. The van der Waals surface area contributed by atoms with Crippen LogP contribution in [-0.2, 0) is 6.54 Å². The molecule has 0 saturated carbocycles. The van der Waals surface area contributed by atoms with Crippen molar-refractivity contribution in [1.82, 2.24) is 15.1 Å². The summed E-state index contributed by atoms with van der Waals surface area (Å²) in [6, 6.07) is 8.11. The van der Waals surface area contributed by atoms with Gasteiger partial charge in [0.2, 0.25) is 0 Å². The molecule has 2 rings (SSSR count). The molecular formula is C21H35N3O. The van der Waals surface area contributed by atoms with E-state index in [9.17, 15) is 4.79 Å². The Kier molecular flexibility index (Phi) is 8.98. The van der Waals surface area contributed by atoms with E-state index in [1.165, 1.54) is 44.3 Å². The molecule has 0 unspecified atom stereocenters. The Labute approximate surface area is 153 Å². The zero-order chi connectivity index (χ0) is 17.9. The standard InChI is InChI=1S/C21H35N3O/c1-3-13-24(14-4-2)18-19-8-10-20(11-9-19)21(25)22-12-7-17-23-15-5-6-16-23/h8-11H,3-7,12-18H2,1-2H3,(H,22,25). The van der Waals surface area contributed by atoms with Crippen molar-refractivity contribution in [3.05, 3.63) is 35.4 Å². The number of hydrogen-bond donors (Lipinski definition) is 1. The molecule has 0 atom stereocenters. The summed E-state index contributed by atoms with van der Waals surface area (Å²) in [4.78, 5) is 17.2. The average molecular weight is 346 g/mol. The maximum absolute atomic E-state index is 12.2. The van der Waals surface area contributed by atoms with Gasteiger partial charge < -0.3 is 10.2 Å². The van der Waals surface area contributed by atoms with Crippen LogP contribution in [-0.4, -0.2) is 55.0 Å². The molecule has 0 aromatic heterocycles. The summed E-state index contributed by atoms with van der Waals surface area (Å²) in [7, 11) is 0. The summed E-state index contributed by atoms with van der Waals surface area (Å²) in [5, 5.41) is 3.05. The van der Waals surface area contributed by atoms with Crippen molar-refractivity contribution in [3.8, 4) is 0 Å². The lowest BCUT2D eigenvalue weighted by molar-refractivity contribution is 0.0952. The Morgan fingerprint density at radius 2 is 1.72 bits per heavy atom. The molecule has 0 aliphatic carbocycles. The molecule has 1 fully saturated rings. The fourth-order valence-electron chi connectivity index (χ4n) is 3.53. The Bertz CT molecular complexity index is 488. The molecule has 0 radical (unpaired) electrons. The van der Waals surface area contributed by atoms with E-state index in [4.69, 9.17) is 0 Å². The van der Waals surface area contributed by atoms with Crippen molar-refractivity contribution in [2.75, 3.05) is 39.3 Å². The summed E-state index contributed by atoms with van der Waals surface area (Å²) < 4.78 is 0. The summed E-state index contributed by atoms with van der Waals surface area (Å²) in [5.41, 5.74) is 2.05. The van der Waals surface area contributed by atoms with E-state index in [2.05, 4.69) is 41.1 Å². The van der Waals surface area contributed by atoms with Gasteiger partial charge in [-0.15, -0.1) is 0 Å². The Balaban J connectivity index is 1.73. The van der Waals surface area contributed by atoms with Crippen LogP contribution >= 0.6 is 0 Å². The second-order valence-electron chi connectivity index (χ2n) is 7.13. The highest BCUT2D eigenvalue weighted by Gasteiger charge is 2.11. The monoisotopic (exact) mass is 345 g/mol. The van der Waals surface area contributed by atoms with Gasteiger partial charge >= 0.3 is 0 Å². The first-order valence-corrected chi connectivity index (χ1v) is 10.0. The molecule has 1 amide bonds.